The highest BCUT2D eigenvalue weighted by Crippen LogP contribution is 2.50. The lowest BCUT2D eigenvalue weighted by atomic mass is 9.88. The van der Waals surface area contributed by atoms with Gasteiger partial charge in [0.05, 0.1) is 6.04 Å². The number of hydrogen-bond donors (Lipinski definition) is 3. The third-order valence-electron chi connectivity index (χ3n) is 9.37. The maximum Gasteiger partial charge on any atom is 0.264 e. The van der Waals surface area contributed by atoms with E-state index >= 15 is 0 Å². The van der Waals surface area contributed by atoms with Crippen LogP contribution in [0, 0.1) is 17.8 Å². The molecule has 0 radical (unpaired) electrons. The molecule has 1 saturated carbocycles. The van der Waals surface area contributed by atoms with E-state index in [9.17, 15) is 32.3 Å². The Morgan fingerprint density at radius 3 is 2.36 bits per heavy atom. The summed E-state index contributed by atoms with van der Waals surface area (Å²) in [6, 6.07) is 12.3. The molecule has 9 nitrogen and oxygen atoms in total. The fourth-order valence-electron chi connectivity index (χ4n) is 7.40. The van der Waals surface area contributed by atoms with Gasteiger partial charge in [-0.15, -0.1) is 0 Å². The second kappa shape index (κ2) is 10.6. The van der Waals surface area contributed by atoms with E-state index in [2.05, 4.69) is 10.6 Å². The van der Waals surface area contributed by atoms with Crippen LogP contribution in [0.25, 0.3) is 11.1 Å². The summed E-state index contributed by atoms with van der Waals surface area (Å²) in [6.45, 7) is 0.732. The van der Waals surface area contributed by atoms with E-state index in [0.717, 1.165) is 36.3 Å². The molecule has 3 amide bonds. The second-order valence-corrected chi connectivity index (χ2v) is 13.9. The minimum absolute atomic E-state index is 0.0139. The normalized spacial score (nSPS) is 26.8. The van der Waals surface area contributed by atoms with Crippen LogP contribution < -0.4 is 10.6 Å². The predicted molar refractivity (Wildman–Crippen MR) is 153 cm³/mol. The van der Waals surface area contributed by atoms with Crippen LogP contribution in [0.2, 0.25) is 0 Å². The van der Waals surface area contributed by atoms with Crippen LogP contribution in [-0.4, -0.2) is 67.6 Å². The first-order valence-corrected chi connectivity index (χ1v) is 16.3. The van der Waals surface area contributed by atoms with Crippen molar-refractivity contribution in [3.05, 3.63) is 70.9 Å². The standard InChI is InChI=1S/C31H34FN3O6S/c1-42(40,41)26(32)16-20(15-18-13-14-33-28(18)36)34-29(37)27-21-10-6-7-19(21)17-35(27)30(38)31(39)24-11-4-2-8-22(24)23-9-3-5-12-25(23)31/h2-5,8-9,11-12,16,18-21,27,39H,6-7,10,13-15,17H2,1H3,(H,33,36)(H,34,37)/b26-16-/t18-,19+,20+,21+,27+/m0/s1. The highest BCUT2D eigenvalue weighted by molar-refractivity contribution is 7.94. The number of rotatable bonds is 7. The Morgan fingerprint density at radius 2 is 1.76 bits per heavy atom. The van der Waals surface area contributed by atoms with E-state index in [-0.39, 0.29) is 30.7 Å². The van der Waals surface area contributed by atoms with Gasteiger partial charge >= 0.3 is 0 Å². The summed E-state index contributed by atoms with van der Waals surface area (Å²) in [5.41, 5.74) is 0.418. The topological polar surface area (TPSA) is 133 Å². The van der Waals surface area contributed by atoms with Crippen molar-refractivity contribution < 1.29 is 32.3 Å². The average Bonchev–Trinajstić information content (AvgIpc) is 3.72. The minimum Gasteiger partial charge on any atom is -0.372 e. The Morgan fingerprint density at radius 1 is 1.12 bits per heavy atom. The van der Waals surface area contributed by atoms with Gasteiger partial charge < -0.3 is 20.6 Å². The maximum atomic E-state index is 14.6. The average molecular weight is 596 g/mol. The first-order valence-electron chi connectivity index (χ1n) is 14.4. The van der Waals surface area contributed by atoms with Crippen LogP contribution >= 0.6 is 0 Å². The molecule has 2 aromatic rings. The highest BCUT2D eigenvalue weighted by Gasteiger charge is 2.56. The van der Waals surface area contributed by atoms with Gasteiger partial charge in [-0.2, -0.15) is 4.39 Å². The lowest BCUT2D eigenvalue weighted by molar-refractivity contribution is -0.152. The van der Waals surface area contributed by atoms with E-state index in [1.807, 2.05) is 24.3 Å². The molecule has 5 atom stereocenters. The van der Waals surface area contributed by atoms with Gasteiger partial charge in [0.1, 0.15) is 6.04 Å². The Kier molecular flexibility index (Phi) is 7.21. The summed E-state index contributed by atoms with van der Waals surface area (Å²) >= 11 is 0. The van der Waals surface area contributed by atoms with Gasteiger partial charge in [-0.3, -0.25) is 14.4 Å². The van der Waals surface area contributed by atoms with Crippen molar-refractivity contribution >= 4 is 27.6 Å². The Labute approximate surface area is 244 Å². The quantitative estimate of drug-likeness (QED) is 0.451. The van der Waals surface area contributed by atoms with E-state index in [4.69, 9.17) is 0 Å². The van der Waals surface area contributed by atoms with E-state index in [1.165, 1.54) is 4.90 Å². The molecule has 2 aromatic carbocycles. The first-order chi connectivity index (χ1) is 20.0. The Bertz CT molecular complexity index is 1540. The van der Waals surface area contributed by atoms with Gasteiger partial charge in [0.15, 0.2) is 5.60 Å². The summed E-state index contributed by atoms with van der Waals surface area (Å²) in [5.74, 6) is -2.02. The predicted octanol–water partition coefficient (Wildman–Crippen LogP) is 2.40. The Hall–Kier alpha value is -3.57. The molecule has 11 heteroatoms. The number of sulfone groups is 1. The van der Waals surface area contributed by atoms with Gasteiger partial charge in [-0.05, 0) is 54.7 Å². The van der Waals surface area contributed by atoms with Crippen molar-refractivity contribution in [2.45, 2.75) is 49.8 Å². The molecular formula is C31H34FN3O6S. The summed E-state index contributed by atoms with van der Waals surface area (Å²) in [5, 5.41) is 16.3. The maximum absolute atomic E-state index is 14.6. The number of fused-ring (bicyclic) bond motifs is 4. The zero-order valence-electron chi connectivity index (χ0n) is 23.3. The molecule has 0 bridgehead atoms. The van der Waals surface area contributed by atoms with E-state index < -0.39 is 50.4 Å². The molecule has 0 unspecified atom stereocenters. The minimum atomic E-state index is -4.17. The molecule has 2 aliphatic carbocycles. The summed E-state index contributed by atoms with van der Waals surface area (Å²) in [7, 11) is -4.17. The van der Waals surface area contributed by atoms with Crippen molar-refractivity contribution in [2.24, 2.45) is 17.8 Å². The van der Waals surface area contributed by atoms with Crippen LogP contribution in [0.3, 0.4) is 0 Å². The third kappa shape index (κ3) is 4.72. The fourth-order valence-corrected chi connectivity index (χ4v) is 7.81. The van der Waals surface area contributed by atoms with Crippen molar-refractivity contribution in [3.8, 4) is 11.1 Å². The summed E-state index contributed by atoms with van der Waals surface area (Å²) in [4.78, 5) is 42.2. The summed E-state index contributed by atoms with van der Waals surface area (Å²) in [6.07, 6.45) is 4.50. The van der Waals surface area contributed by atoms with Gasteiger partial charge in [0, 0.05) is 36.4 Å². The number of aliphatic hydroxyl groups is 1. The number of nitrogens with one attached hydrogen (secondary N) is 2. The number of carbonyl (C=O) groups is 3. The van der Waals surface area contributed by atoms with Crippen LogP contribution in [0.4, 0.5) is 4.39 Å². The van der Waals surface area contributed by atoms with Crippen molar-refractivity contribution in [1.82, 2.24) is 15.5 Å². The molecule has 2 aliphatic heterocycles. The number of carbonyl (C=O) groups excluding carboxylic acids is 3. The second-order valence-electron chi connectivity index (χ2n) is 11.9. The van der Waals surface area contributed by atoms with Crippen molar-refractivity contribution in [1.29, 1.82) is 0 Å². The third-order valence-corrected chi connectivity index (χ3v) is 10.2. The SMILES string of the molecule is CS(=O)(=O)/C(F)=C\[C@@H](C[C@@H]1CCNC1=O)NC(=O)[C@H]1[C@@H]2CCC[C@@H]2CN1C(=O)C1(O)c2ccccc2-c2ccccc21. The number of likely N-dealkylation sites (tertiary alicyclic amines) is 1. The molecule has 0 aromatic heterocycles. The van der Waals surface area contributed by atoms with Gasteiger partial charge in [0.2, 0.25) is 26.8 Å². The number of hydrogen-bond acceptors (Lipinski definition) is 6. The van der Waals surface area contributed by atoms with Gasteiger partial charge in [-0.25, -0.2) is 8.42 Å². The van der Waals surface area contributed by atoms with Gasteiger partial charge in [-0.1, -0.05) is 55.0 Å². The number of benzene rings is 2. The highest BCUT2D eigenvalue weighted by atomic mass is 32.2. The molecular weight excluding hydrogens is 561 g/mol. The van der Waals surface area contributed by atoms with Gasteiger partial charge in [0.25, 0.3) is 5.91 Å². The number of nitrogens with zero attached hydrogens (tertiary/aromatic N) is 1. The van der Waals surface area contributed by atoms with E-state index in [1.54, 1.807) is 24.3 Å². The largest absolute Gasteiger partial charge is 0.372 e. The van der Waals surface area contributed by atoms with Crippen molar-refractivity contribution in [2.75, 3.05) is 19.3 Å². The zero-order valence-corrected chi connectivity index (χ0v) is 24.1. The van der Waals surface area contributed by atoms with E-state index in [0.29, 0.717) is 30.5 Å². The van der Waals surface area contributed by atoms with Crippen LogP contribution in [0.15, 0.2) is 59.8 Å². The molecule has 2 heterocycles. The molecule has 2 saturated heterocycles. The number of amides is 3. The molecule has 0 spiro atoms. The smallest absolute Gasteiger partial charge is 0.264 e. The van der Waals surface area contributed by atoms with Crippen LogP contribution in [0.5, 0.6) is 0 Å². The lowest BCUT2D eigenvalue weighted by Crippen LogP contribution is -2.55. The molecule has 3 N–H and O–H groups in total. The molecule has 6 rings (SSSR count). The van der Waals surface area contributed by atoms with Crippen LogP contribution in [-0.2, 0) is 29.8 Å². The molecule has 222 valence electrons. The first kappa shape index (κ1) is 28.5. The summed E-state index contributed by atoms with van der Waals surface area (Å²) < 4.78 is 38.4. The number of halogens is 1. The monoisotopic (exact) mass is 595 g/mol. The molecule has 42 heavy (non-hydrogen) atoms. The zero-order chi connectivity index (χ0) is 29.8. The molecule has 4 aliphatic rings. The Balaban J connectivity index is 1.34. The van der Waals surface area contributed by atoms with Crippen molar-refractivity contribution in [3.63, 3.8) is 0 Å². The fraction of sp³-hybridized carbons (Fsp3) is 0.452. The van der Waals surface area contributed by atoms with Crippen LogP contribution in [0.1, 0.15) is 43.2 Å². The molecule has 3 fully saturated rings. The lowest BCUT2D eigenvalue weighted by Gasteiger charge is -2.34.